The minimum absolute atomic E-state index is 0.235. The van der Waals surface area contributed by atoms with Gasteiger partial charge in [0.15, 0.2) is 0 Å². The first kappa shape index (κ1) is 18.0. The fraction of sp³-hybridized carbons (Fsp3) is 0.143. The van der Waals surface area contributed by atoms with Gasteiger partial charge in [-0.3, -0.25) is 4.79 Å². The zero-order chi connectivity index (χ0) is 18.5. The van der Waals surface area contributed by atoms with E-state index in [9.17, 15) is 4.79 Å². The van der Waals surface area contributed by atoms with Crippen molar-refractivity contribution in [2.24, 2.45) is 0 Å². The molecule has 132 valence electrons. The van der Waals surface area contributed by atoms with Crippen molar-refractivity contribution < 1.29 is 4.79 Å². The molecule has 0 atom stereocenters. The Balaban J connectivity index is 1.79. The molecule has 0 aliphatic heterocycles. The lowest BCUT2D eigenvalue weighted by atomic mass is 10.0. The molecule has 0 unspecified atom stereocenters. The lowest BCUT2D eigenvalue weighted by molar-refractivity contribution is 0.102. The summed E-state index contributed by atoms with van der Waals surface area (Å²) in [6.45, 7) is 4.31. The Bertz CT molecular complexity index is 890. The third-order valence-electron chi connectivity index (χ3n) is 3.99. The van der Waals surface area contributed by atoms with Crippen molar-refractivity contribution in [2.45, 2.75) is 19.8 Å². The Morgan fingerprint density at radius 2 is 1.62 bits per heavy atom. The summed E-state index contributed by atoms with van der Waals surface area (Å²) in [5, 5.41) is 6.70. The predicted molar refractivity (Wildman–Crippen MR) is 107 cm³/mol. The van der Waals surface area contributed by atoms with Crippen molar-refractivity contribution in [2.75, 3.05) is 10.6 Å². The zero-order valence-corrected chi connectivity index (χ0v) is 15.4. The fourth-order valence-corrected chi connectivity index (χ4v) is 2.63. The number of pyridine rings is 1. The number of anilines is 3. The Kier molecular flexibility index (Phi) is 5.54. The maximum atomic E-state index is 12.6. The quantitative estimate of drug-likeness (QED) is 0.595. The summed E-state index contributed by atoms with van der Waals surface area (Å²) in [6.07, 6.45) is 1.66. The number of amides is 1. The van der Waals surface area contributed by atoms with Crippen LogP contribution in [-0.4, -0.2) is 10.9 Å². The highest BCUT2D eigenvalue weighted by molar-refractivity contribution is 6.30. The molecule has 0 aliphatic carbocycles. The molecule has 1 amide bonds. The summed E-state index contributed by atoms with van der Waals surface area (Å²) in [5.41, 5.74) is 3.29. The lowest BCUT2D eigenvalue weighted by Gasteiger charge is -2.12. The largest absolute Gasteiger partial charge is 0.340 e. The second-order valence-corrected chi connectivity index (χ2v) is 6.70. The van der Waals surface area contributed by atoms with Gasteiger partial charge >= 0.3 is 0 Å². The molecule has 26 heavy (non-hydrogen) atoms. The molecule has 0 aliphatic rings. The van der Waals surface area contributed by atoms with Crippen LogP contribution in [0.4, 0.5) is 17.2 Å². The second-order valence-electron chi connectivity index (χ2n) is 6.26. The highest BCUT2D eigenvalue weighted by atomic mass is 35.5. The van der Waals surface area contributed by atoms with Gasteiger partial charge < -0.3 is 10.6 Å². The first-order chi connectivity index (χ1) is 12.5. The van der Waals surface area contributed by atoms with Crippen molar-refractivity contribution in [3.63, 3.8) is 0 Å². The molecule has 3 rings (SSSR count). The molecular formula is C21H20ClN3O. The van der Waals surface area contributed by atoms with Gasteiger partial charge in [-0.25, -0.2) is 4.98 Å². The highest BCUT2D eigenvalue weighted by Gasteiger charge is 2.13. The fourth-order valence-electron chi connectivity index (χ4n) is 2.51. The van der Waals surface area contributed by atoms with Crippen LogP contribution in [0.3, 0.4) is 0 Å². The molecule has 1 heterocycles. The van der Waals surface area contributed by atoms with Crippen LogP contribution >= 0.6 is 11.6 Å². The van der Waals surface area contributed by atoms with Crippen LogP contribution in [0, 0.1) is 0 Å². The monoisotopic (exact) mass is 365 g/mol. The van der Waals surface area contributed by atoms with Gasteiger partial charge in [0.2, 0.25) is 0 Å². The Morgan fingerprint density at radius 1 is 0.962 bits per heavy atom. The average Bonchev–Trinajstić information content (AvgIpc) is 2.64. The standard InChI is InChI=1S/C21H20ClN3O/c1-14(2)15-5-9-17(10-6-15)24-20-19(4-3-13-23-20)21(26)25-18-11-7-16(22)8-12-18/h3-14H,1-2H3,(H,23,24)(H,25,26). The van der Waals surface area contributed by atoms with Gasteiger partial charge in [0.1, 0.15) is 5.82 Å². The molecule has 0 fully saturated rings. The Morgan fingerprint density at radius 3 is 2.27 bits per heavy atom. The zero-order valence-electron chi connectivity index (χ0n) is 14.7. The summed E-state index contributed by atoms with van der Waals surface area (Å²) < 4.78 is 0. The van der Waals surface area contributed by atoms with Gasteiger partial charge in [-0.15, -0.1) is 0 Å². The average molecular weight is 366 g/mol. The molecule has 3 aromatic rings. The minimum Gasteiger partial charge on any atom is -0.340 e. The molecule has 0 radical (unpaired) electrons. The molecule has 0 saturated heterocycles. The molecule has 2 N–H and O–H groups in total. The van der Waals surface area contributed by atoms with E-state index in [1.165, 1.54) is 5.56 Å². The lowest BCUT2D eigenvalue weighted by Crippen LogP contribution is -2.14. The number of carbonyl (C=O) groups excluding carboxylic acids is 1. The molecule has 0 bridgehead atoms. The predicted octanol–water partition coefficient (Wildman–Crippen LogP) is 5.85. The number of benzene rings is 2. The van der Waals surface area contributed by atoms with Crippen molar-refractivity contribution in [3.8, 4) is 0 Å². The van der Waals surface area contributed by atoms with Crippen molar-refractivity contribution >= 4 is 34.7 Å². The number of nitrogens with one attached hydrogen (secondary N) is 2. The number of rotatable bonds is 5. The van der Waals surface area contributed by atoms with Crippen LogP contribution in [-0.2, 0) is 0 Å². The van der Waals surface area contributed by atoms with Crippen LogP contribution in [0.5, 0.6) is 0 Å². The van der Waals surface area contributed by atoms with Gasteiger partial charge in [-0.1, -0.05) is 37.6 Å². The normalized spacial score (nSPS) is 10.6. The number of hydrogen-bond acceptors (Lipinski definition) is 3. The van der Waals surface area contributed by atoms with E-state index in [0.29, 0.717) is 28.0 Å². The third kappa shape index (κ3) is 4.41. The second kappa shape index (κ2) is 8.02. The van der Waals surface area contributed by atoms with E-state index in [2.05, 4.69) is 41.6 Å². The SMILES string of the molecule is CC(C)c1ccc(Nc2ncccc2C(=O)Nc2ccc(Cl)cc2)cc1. The van der Waals surface area contributed by atoms with Crippen LogP contribution in [0.1, 0.15) is 35.7 Å². The third-order valence-corrected chi connectivity index (χ3v) is 4.25. The first-order valence-corrected chi connectivity index (χ1v) is 8.79. The maximum absolute atomic E-state index is 12.6. The summed E-state index contributed by atoms with van der Waals surface area (Å²) in [6, 6.07) is 18.6. The summed E-state index contributed by atoms with van der Waals surface area (Å²) in [5.74, 6) is 0.748. The van der Waals surface area contributed by atoms with Gasteiger partial charge in [-0.05, 0) is 60.0 Å². The summed E-state index contributed by atoms with van der Waals surface area (Å²) in [7, 11) is 0. The van der Waals surface area contributed by atoms with E-state index in [0.717, 1.165) is 5.69 Å². The van der Waals surface area contributed by atoms with Crippen molar-refractivity contribution in [3.05, 3.63) is 83.0 Å². The molecule has 2 aromatic carbocycles. The van der Waals surface area contributed by atoms with Crippen LogP contribution < -0.4 is 10.6 Å². The smallest absolute Gasteiger partial charge is 0.259 e. The van der Waals surface area contributed by atoms with E-state index in [1.54, 1.807) is 42.6 Å². The summed E-state index contributed by atoms with van der Waals surface area (Å²) >= 11 is 5.88. The molecule has 0 spiro atoms. The number of carbonyl (C=O) groups is 1. The van der Waals surface area contributed by atoms with Crippen molar-refractivity contribution in [1.82, 2.24) is 4.98 Å². The van der Waals surface area contributed by atoms with E-state index >= 15 is 0 Å². The Hall–Kier alpha value is -2.85. The van der Waals surface area contributed by atoms with Gasteiger partial charge in [0, 0.05) is 22.6 Å². The number of nitrogens with zero attached hydrogens (tertiary/aromatic N) is 1. The van der Waals surface area contributed by atoms with E-state index < -0.39 is 0 Å². The molecule has 1 aromatic heterocycles. The number of halogens is 1. The Labute approximate surface area is 158 Å². The molecule has 4 nitrogen and oxygen atoms in total. The molecule has 5 heteroatoms. The van der Waals surface area contributed by atoms with Gasteiger partial charge in [-0.2, -0.15) is 0 Å². The highest BCUT2D eigenvalue weighted by Crippen LogP contribution is 2.22. The van der Waals surface area contributed by atoms with E-state index in [-0.39, 0.29) is 5.91 Å². The van der Waals surface area contributed by atoms with Crippen LogP contribution in [0.25, 0.3) is 0 Å². The number of hydrogen-bond donors (Lipinski definition) is 2. The van der Waals surface area contributed by atoms with Gasteiger partial charge in [0.25, 0.3) is 5.91 Å². The van der Waals surface area contributed by atoms with Crippen LogP contribution in [0.15, 0.2) is 66.9 Å². The van der Waals surface area contributed by atoms with E-state index in [4.69, 9.17) is 11.6 Å². The number of aromatic nitrogens is 1. The maximum Gasteiger partial charge on any atom is 0.259 e. The topological polar surface area (TPSA) is 54.0 Å². The first-order valence-electron chi connectivity index (χ1n) is 8.42. The molecular weight excluding hydrogens is 346 g/mol. The van der Waals surface area contributed by atoms with Gasteiger partial charge in [0.05, 0.1) is 5.56 Å². The summed E-state index contributed by atoms with van der Waals surface area (Å²) in [4.78, 5) is 16.9. The minimum atomic E-state index is -0.235. The van der Waals surface area contributed by atoms with E-state index in [1.807, 2.05) is 12.1 Å². The molecule has 0 saturated carbocycles. The van der Waals surface area contributed by atoms with Crippen molar-refractivity contribution in [1.29, 1.82) is 0 Å². The van der Waals surface area contributed by atoms with Crippen LogP contribution in [0.2, 0.25) is 5.02 Å².